The highest BCUT2D eigenvalue weighted by Gasteiger charge is 2.14. The number of benzene rings is 2. The van der Waals surface area contributed by atoms with Gasteiger partial charge in [0.2, 0.25) is 5.91 Å². The van der Waals surface area contributed by atoms with Gasteiger partial charge in [0, 0.05) is 19.0 Å². The van der Waals surface area contributed by atoms with Crippen LogP contribution in [-0.4, -0.2) is 35.5 Å². The Morgan fingerprint density at radius 2 is 2.00 bits per heavy atom. The van der Waals surface area contributed by atoms with Crippen LogP contribution < -0.4 is 10.1 Å². The molecule has 1 N–H and O–H groups in total. The molecule has 2 aromatic heterocycles. The number of carbonyl (C=O) groups is 2. The maximum atomic E-state index is 12.4. The Morgan fingerprint density at radius 1 is 1.17 bits per heavy atom. The first-order valence-corrected chi connectivity index (χ1v) is 9.82. The average molecular weight is 409 g/mol. The van der Waals surface area contributed by atoms with E-state index in [0.717, 1.165) is 26.6 Å². The van der Waals surface area contributed by atoms with E-state index in [-0.39, 0.29) is 12.3 Å². The van der Waals surface area contributed by atoms with Crippen molar-refractivity contribution in [3.05, 3.63) is 59.9 Å². The van der Waals surface area contributed by atoms with Crippen molar-refractivity contribution in [1.29, 1.82) is 0 Å². The number of anilines is 1. The highest BCUT2D eigenvalue weighted by Crippen LogP contribution is 2.29. The standard InChI is InChI=1S/C21H19N3O4S/c1-27-14-8-9-17-18(11-14)29-21-22-13(12-24(17)21)7-10-19(25)23-16-6-4-3-5-15(16)20(26)28-2/h3-6,8-9,11-12H,7,10H2,1-2H3,(H,23,25). The number of para-hydroxylation sites is 1. The SMILES string of the molecule is COC(=O)c1ccccc1NC(=O)CCc1cn2c(n1)sc1cc(OC)ccc12. The molecule has 2 aromatic carbocycles. The number of aromatic nitrogens is 2. The van der Waals surface area contributed by atoms with Crippen molar-refractivity contribution in [2.45, 2.75) is 12.8 Å². The predicted octanol–water partition coefficient (Wildman–Crippen LogP) is 3.92. The topological polar surface area (TPSA) is 81.9 Å². The van der Waals surface area contributed by atoms with Gasteiger partial charge in [0.25, 0.3) is 0 Å². The lowest BCUT2D eigenvalue weighted by molar-refractivity contribution is -0.116. The van der Waals surface area contributed by atoms with Gasteiger partial charge in [0.05, 0.1) is 41.4 Å². The summed E-state index contributed by atoms with van der Waals surface area (Å²) in [5.41, 5.74) is 2.66. The van der Waals surface area contributed by atoms with Crippen LogP contribution in [0, 0.1) is 0 Å². The molecule has 0 spiro atoms. The Kier molecular flexibility index (Phi) is 5.18. The molecule has 2 heterocycles. The highest BCUT2D eigenvalue weighted by molar-refractivity contribution is 7.23. The van der Waals surface area contributed by atoms with E-state index in [1.807, 2.05) is 28.8 Å². The van der Waals surface area contributed by atoms with E-state index in [4.69, 9.17) is 9.47 Å². The molecule has 0 aliphatic rings. The number of rotatable bonds is 6. The Hall–Kier alpha value is -3.39. The fourth-order valence-electron chi connectivity index (χ4n) is 3.11. The molecular formula is C21H19N3O4S. The molecule has 0 radical (unpaired) electrons. The largest absolute Gasteiger partial charge is 0.497 e. The molecule has 0 saturated carbocycles. The third kappa shape index (κ3) is 3.79. The number of amides is 1. The van der Waals surface area contributed by atoms with Crippen LogP contribution in [0.5, 0.6) is 5.75 Å². The van der Waals surface area contributed by atoms with E-state index in [2.05, 4.69) is 10.3 Å². The predicted molar refractivity (Wildman–Crippen MR) is 112 cm³/mol. The number of methoxy groups -OCH3 is 2. The fourth-order valence-corrected chi connectivity index (χ4v) is 4.16. The van der Waals surface area contributed by atoms with Gasteiger partial charge in [-0.15, -0.1) is 0 Å². The van der Waals surface area contributed by atoms with Crippen LogP contribution in [-0.2, 0) is 16.0 Å². The van der Waals surface area contributed by atoms with Gasteiger partial charge in [-0.1, -0.05) is 23.5 Å². The number of esters is 1. The summed E-state index contributed by atoms with van der Waals surface area (Å²) in [4.78, 5) is 29.7. The Labute approximate surface area is 170 Å². The minimum absolute atomic E-state index is 0.188. The Bertz CT molecular complexity index is 1210. The average Bonchev–Trinajstić information content (AvgIpc) is 3.28. The monoisotopic (exact) mass is 409 g/mol. The van der Waals surface area contributed by atoms with Crippen molar-refractivity contribution in [3.63, 3.8) is 0 Å². The first-order chi connectivity index (χ1) is 14.1. The quantitative estimate of drug-likeness (QED) is 0.488. The zero-order valence-electron chi connectivity index (χ0n) is 16.0. The summed E-state index contributed by atoms with van der Waals surface area (Å²) in [5, 5.41) is 2.78. The second kappa shape index (κ2) is 7.92. The Balaban J connectivity index is 1.46. The van der Waals surface area contributed by atoms with Gasteiger partial charge in [-0.3, -0.25) is 9.20 Å². The van der Waals surface area contributed by atoms with Crippen LogP contribution in [0.1, 0.15) is 22.5 Å². The highest BCUT2D eigenvalue weighted by atomic mass is 32.1. The smallest absolute Gasteiger partial charge is 0.339 e. The molecule has 4 aromatic rings. The molecule has 0 fully saturated rings. The number of imidazole rings is 1. The fraction of sp³-hybridized carbons (Fsp3) is 0.190. The minimum atomic E-state index is -0.487. The van der Waals surface area contributed by atoms with E-state index < -0.39 is 5.97 Å². The lowest BCUT2D eigenvalue weighted by atomic mass is 10.1. The summed E-state index contributed by atoms with van der Waals surface area (Å²) in [6.45, 7) is 0. The first kappa shape index (κ1) is 18.9. The number of hydrogen-bond donors (Lipinski definition) is 1. The van der Waals surface area contributed by atoms with Gasteiger partial charge >= 0.3 is 5.97 Å². The van der Waals surface area contributed by atoms with Gasteiger partial charge < -0.3 is 14.8 Å². The maximum Gasteiger partial charge on any atom is 0.339 e. The molecule has 0 aliphatic carbocycles. The number of thiazole rings is 1. The number of nitrogens with one attached hydrogen (secondary N) is 1. The van der Waals surface area contributed by atoms with Crippen LogP contribution in [0.15, 0.2) is 48.7 Å². The zero-order valence-corrected chi connectivity index (χ0v) is 16.8. The van der Waals surface area contributed by atoms with E-state index in [1.54, 1.807) is 42.7 Å². The van der Waals surface area contributed by atoms with Gasteiger partial charge in [-0.05, 0) is 30.3 Å². The summed E-state index contributed by atoms with van der Waals surface area (Å²) in [6.07, 6.45) is 2.71. The molecule has 8 heteroatoms. The Morgan fingerprint density at radius 3 is 2.79 bits per heavy atom. The first-order valence-electron chi connectivity index (χ1n) is 9.01. The molecule has 0 aliphatic heterocycles. The van der Waals surface area contributed by atoms with E-state index in [0.29, 0.717) is 17.7 Å². The van der Waals surface area contributed by atoms with E-state index >= 15 is 0 Å². The maximum absolute atomic E-state index is 12.4. The number of nitrogens with zero attached hydrogens (tertiary/aromatic N) is 2. The number of hydrogen-bond acceptors (Lipinski definition) is 6. The molecule has 148 valence electrons. The molecule has 1 amide bonds. The van der Waals surface area contributed by atoms with E-state index in [9.17, 15) is 9.59 Å². The number of aryl methyl sites for hydroxylation is 1. The molecule has 0 saturated heterocycles. The van der Waals surface area contributed by atoms with Gasteiger partial charge in [0.1, 0.15) is 5.75 Å². The summed E-state index contributed by atoms with van der Waals surface area (Å²) < 4.78 is 13.1. The normalized spacial score (nSPS) is 11.0. The minimum Gasteiger partial charge on any atom is -0.497 e. The third-order valence-corrected chi connectivity index (χ3v) is 5.58. The number of fused-ring (bicyclic) bond motifs is 3. The van der Waals surface area contributed by atoms with Gasteiger partial charge in [-0.25, -0.2) is 9.78 Å². The van der Waals surface area contributed by atoms with Crippen LogP contribution in [0.3, 0.4) is 0 Å². The van der Waals surface area contributed by atoms with Gasteiger partial charge in [0.15, 0.2) is 4.96 Å². The molecule has 0 unspecified atom stereocenters. The second-order valence-corrected chi connectivity index (χ2v) is 7.41. The third-order valence-electron chi connectivity index (χ3n) is 4.57. The summed E-state index contributed by atoms with van der Waals surface area (Å²) in [7, 11) is 2.96. The molecule has 4 rings (SSSR count). The zero-order chi connectivity index (χ0) is 20.4. The summed E-state index contributed by atoms with van der Waals surface area (Å²) in [6, 6.07) is 12.7. The van der Waals surface area contributed by atoms with Crippen LogP contribution in [0.25, 0.3) is 15.2 Å². The van der Waals surface area contributed by atoms with Gasteiger partial charge in [-0.2, -0.15) is 0 Å². The molecule has 29 heavy (non-hydrogen) atoms. The van der Waals surface area contributed by atoms with Crippen molar-refractivity contribution in [1.82, 2.24) is 9.38 Å². The van der Waals surface area contributed by atoms with Crippen molar-refractivity contribution < 1.29 is 19.1 Å². The number of ether oxygens (including phenoxy) is 2. The van der Waals surface area contributed by atoms with Crippen LogP contribution >= 0.6 is 11.3 Å². The number of carbonyl (C=O) groups excluding carboxylic acids is 2. The lowest BCUT2D eigenvalue weighted by Gasteiger charge is -2.09. The van der Waals surface area contributed by atoms with Crippen molar-refractivity contribution in [3.8, 4) is 5.75 Å². The summed E-state index contributed by atoms with van der Waals surface area (Å²) >= 11 is 1.58. The van der Waals surface area contributed by atoms with Crippen molar-refractivity contribution >= 4 is 44.1 Å². The van der Waals surface area contributed by atoms with Crippen molar-refractivity contribution in [2.75, 3.05) is 19.5 Å². The van der Waals surface area contributed by atoms with Crippen LogP contribution in [0.4, 0.5) is 5.69 Å². The van der Waals surface area contributed by atoms with Crippen molar-refractivity contribution in [2.24, 2.45) is 0 Å². The molecule has 0 bridgehead atoms. The second-order valence-electron chi connectivity index (χ2n) is 6.41. The molecule has 0 atom stereocenters. The van der Waals surface area contributed by atoms with E-state index in [1.165, 1.54) is 7.11 Å². The molecule has 7 nitrogen and oxygen atoms in total. The van der Waals surface area contributed by atoms with Crippen LogP contribution in [0.2, 0.25) is 0 Å². The summed E-state index contributed by atoms with van der Waals surface area (Å²) in [5.74, 6) is 0.136. The lowest BCUT2D eigenvalue weighted by Crippen LogP contribution is -2.15. The molecular weight excluding hydrogens is 390 g/mol.